The summed E-state index contributed by atoms with van der Waals surface area (Å²) in [6, 6.07) is 0.683. The quantitative estimate of drug-likeness (QED) is 0.637. The fourth-order valence-electron chi connectivity index (χ4n) is 3.42. The smallest absolute Gasteiger partial charge is 0.312 e. The summed E-state index contributed by atoms with van der Waals surface area (Å²) in [5.74, 6) is 0.793. The topological polar surface area (TPSA) is 12.0 Å². The maximum atomic E-state index is 12.1. The van der Waals surface area contributed by atoms with Crippen molar-refractivity contribution in [1.29, 1.82) is 0 Å². The van der Waals surface area contributed by atoms with E-state index in [4.69, 9.17) is 0 Å². The summed E-state index contributed by atoms with van der Waals surface area (Å²) in [6.07, 6.45) is 2.20. The van der Waals surface area contributed by atoms with Crippen LogP contribution in [-0.4, -0.2) is 18.3 Å². The average molecular weight is 307 g/mol. The van der Waals surface area contributed by atoms with Crippen LogP contribution in [0.1, 0.15) is 79.1 Å². The second-order valence-corrected chi connectivity index (χ2v) is 7.47. The van der Waals surface area contributed by atoms with Crippen LogP contribution in [-0.2, 0) is 0 Å². The van der Waals surface area contributed by atoms with E-state index in [1.807, 2.05) is 6.92 Å². The molecule has 0 saturated heterocycles. The van der Waals surface area contributed by atoms with Crippen molar-refractivity contribution in [3.05, 3.63) is 0 Å². The lowest BCUT2D eigenvalue weighted by atomic mass is 9.69. The highest BCUT2D eigenvalue weighted by Gasteiger charge is 2.32. The van der Waals surface area contributed by atoms with E-state index in [1.165, 1.54) is 19.3 Å². The maximum Gasteiger partial charge on any atom is 0.389 e. The molecule has 0 spiro atoms. The van der Waals surface area contributed by atoms with E-state index in [1.54, 1.807) is 0 Å². The molecule has 0 aromatic heterocycles. The first kappa shape index (κ1) is 18.8. The molecule has 0 aromatic rings. The highest BCUT2D eigenvalue weighted by molar-refractivity contribution is 4.85. The lowest BCUT2D eigenvalue weighted by Gasteiger charge is -2.39. The molecule has 126 valence electrons. The molecule has 1 nitrogen and oxygen atoms in total. The summed E-state index contributed by atoms with van der Waals surface area (Å²) >= 11 is 0. The number of nitrogens with one attached hydrogen (secondary N) is 1. The van der Waals surface area contributed by atoms with Crippen molar-refractivity contribution >= 4 is 0 Å². The van der Waals surface area contributed by atoms with E-state index in [0.29, 0.717) is 17.9 Å². The van der Waals surface area contributed by atoms with Gasteiger partial charge in [0.15, 0.2) is 0 Å². The molecule has 1 N–H and O–H groups in total. The first-order chi connectivity index (χ1) is 9.64. The van der Waals surface area contributed by atoms with Gasteiger partial charge in [0.25, 0.3) is 0 Å². The van der Waals surface area contributed by atoms with Gasteiger partial charge in [-0.1, -0.05) is 27.2 Å². The molecule has 0 aliphatic heterocycles. The highest BCUT2D eigenvalue weighted by Crippen LogP contribution is 2.40. The number of hydrogen-bond acceptors (Lipinski definition) is 1. The predicted octanol–water partition coefficient (Wildman–Crippen LogP) is 5.69. The fourth-order valence-corrected chi connectivity index (χ4v) is 3.42. The van der Waals surface area contributed by atoms with Gasteiger partial charge in [0.1, 0.15) is 0 Å². The van der Waals surface area contributed by atoms with Gasteiger partial charge in [-0.05, 0) is 56.8 Å². The minimum absolute atomic E-state index is 0.188. The Bertz CT molecular complexity index is 291. The number of rotatable bonds is 7. The van der Waals surface area contributed by atoms with Gasteiger partial charge < -0.3 is 5.32 Å². The summed E-state index contributed by atoms with van der Waals surface area (Å²) in [7, 11) is 0. The molecule has 0 radical (unpaired) electrons. The van der Waals surface area contributed by atoms with Gasteiger partial charge in [-0.2, -0.15) is 13.2 Å². The Morgan fingerprint density at radius 3 is 2.14 bits per heavy atom. The number of halogens is 3. The van der Waals surface area contributed by atoms with Crippen molar-refractivity contribution in [2.45, 2.75) is 97.3 Å². The summed E-state index contributed by atoms with van der Waals surface area (Å²) in [5, 5.41) is 3.53. The van der Waals surface area contributed by atoms with Gasteiger partial charge in [-0.15, -0.1) is 0 Å². The molecular formula is C17H32F3N. The van der Waals surface area contributed by atoms with Crippen LogP contribution < -0.4 is 5.32 Å². The zero-order valence-corrected chi connectivity index (χ0v) is 14.0. The summed E-state index contributed by atoms with van der Waals surface area (Å²) in [5.41, 5.74) is 0.420. The maximum absolute atomic E-state index is 12.1. The Labute approximate surface area is 128 Å². The van der Waals surface area contributed by atoms with Crippen molar-refractivity contribution in [3.63, 3.8) is 0 Å². The molecule has 0 heterocycles. The lowest BCUT2D eigenvalue weighted by molar-refractivity contribution is -0.135. The molecule has 1 rings (SSSR count). The van der Waals surface area contributed by atoms with Crippen LogP contribution in [0.3, 0.4) is 0 Å². The van der Waals surface area contributed by atoms with Crippen LogP contribution >= 0.6 is 0 Å². The van der Waals surface area contributed by atoms with Gasteiger partial charge in [-0.25, -0.2) is 0 Å². The molecule has 1 unspecified atom stereocenters. The fraction of sp³-hybridized carbons (Fsp3) is 1.00. The summed E-state index contributed by atoms with van der Waals surface area (Å²) < 4.78 is 36.4. The molecular weight excluding hydrogens is 275 g/mol. The molecule has 0 aromatic carbocycles. The Hall–Kier alpha value is -0.250. The van der Waals surface area contributed by atoms with Crippen LogP contribution in [0.2, 0.25) is 0 Å². The lowest BCUT2D eigenvalue weighted by Crippen LogP contribution is -2.41. The minimum Gasteiger partial charge on any atom is -0.312 e. The summed E-state index contributed by atoms with van der Waals surface area (Å²) in [4.78, 5) is 0. The SMILES string of the molecule is CCC(C)(C)C1CCC(NC(C)CCCC(F)(F)F)CC1. The largest absolute Gasteiger partial charge is 0.389 e. The second-order valence-electron chi connectivity index (χ2n) is 7.47. The molecule has 21 heavy (non-hydrogen) atoms. The third kappa shape index (κ3) is 7.03. The van der Waals surface area contributed by atoms with Gasteiger partial charge in [0.2, 0.25) is 0 Å². The van der Waals surface area contributed by atoms with E-state index in [2.05, 4.69) is 26.1 Å². The average Bonchev–Trinajstić information content (AvgIpc) is 2.37. The van der Waals surface area contributed by atoms with Crippen molar-refractivity contribution in [3.8, 4) is 0 Å². The Morgan fingerprint density at radius 2 is 1.67 bits per heavy atom. The molecule has 1 aliphatic rings. The van der Waals surface area contributed by atoms with E-state index >= 15 is 0 Å². The van der Waals surface area contributed by atoms with Crippen LogP contribution in [0, 0.1) is 11.3 Å². The minimum atomic E-state index is -4.01. The van der Waals surface area contributed by atoms with Crippen LogP contribution in [0.25, 0.3) is 0 Å². The van der Waals surface area contributed by atoms with Gasteiger partial charge >= 0.3 is 6.18 Å². The van der Waals surface area contributed by atoms with Crippen molar-refractivity contribution in [1.82, 2.24) is 5.32 Å². The van der Waals surface area contributed by atoms with E-state index < -0.39 is 12.6 Å². The van der Waals surface area contributed by atoms with Gasteiger partial charge in [-0.3, -0.25) is 0 Å². The zero-order chi connectivity index (χ0) is 16.1. The number of hydrogen-bond donors (Lipinski definition) is 1. The Balaban J connectivity index is 2.23. The third-order valence-corrected chi connectivity index (χ3v) is 5.36. The molecule has 0 amide bonds. The molecule has 1 saturated carbocycles. The monoisotopic (exact) mass is 307 g/mol. The Morgan fingerprint density at radius 1 is 1.10 bits per heavy atom. The van der Waals surface area contributed by atoms with E-state index in [9.17, 15) is 13.2 Å². The molecule has 0 bridgehead atoms. The normalized spacial score (nSPS) is 25.9. The van der Waals surface area contributed by atoms with Crippen molar-refractivity contribution in [2.24, 2.45) is 11.3 Å². The summed E-state index contributed by atoms with van der Waals surface area (Å²) in [6.45, 7) is 8.97. The molecule has 1 fully saturated rings. The molecule has 1 atom stereocenters. The van der Waals surface area contributed by atoms with Crippen LogP contribution in [0.5, 0.6) is 0 Å². The van der Waals surface area contributed by atoms with Gasteiger partial charge in [0.05, 0.1) is 0 Å². The zero-order valence-electron chi connectivity index (χ0n) is 14.0. The predicted molar refractivity (Wildman–Crippen MR) is 82.3 cm³/mol. The van der Waals surface area contributed by atoms with Gasteiger partial charge in [0, 0.05) is 18.5 Å². The second kappa shape index (κ2) is 7.85. The first-order valence-corrected chi connectivity index (χ1v) is 8.47. The standard InChI is InChI=1S/C17H32F3N/c1-5-16(3,4)14-8-10-15(11-9-14)21-13(2)7-6-12-17(18,19)20/h13-15,21H,5-12H2,1-4H3. The van der Waals surface area contributed by atoms with E-state index in [0.717, 1.165) is 18.8 Å². The van der Waals surface area contributed by atoms with Crippen LogP contribution in [0.15, 0.2) is 0 Å². The number of alkyl halides is 3. The molecule has 4 heteroatoms. The van der Waals surface area contributed by atoms with Crippen molar-refractivity contribution in [2.75, 3.05) is 0 Å². The first-order valence-electron chi connectivity index (χ1n) is 8.47. The third-order valence-electron chi connectivity index (χ3n) is 5.36. The van der Waals surface area contributed by atoms with Crippen molar-refractivity contribution < 1.29 is 13.2 Å². The Kier molecular flexibility index (Phi) is 7.02. The van der Waals surface area contributed by atoms with Crippen LogP contribution in [0.4, 0.5) is 13.2 Å². The highest BCUT2D eigenvalue weighted by atomic mass is 19.4. The van der Waals surface area contributed by atoms with E-state index in [-0.39, 0.29) is 12.5 Å². The molecule has 1 aliphatic carbocycles.